The van der Waals surface area contributed by atoms with Crippen molar-refractivity contribution in [3.63, 3.8) is 0 Å². The molecule has 1 aliphatic carbocycles. The molecule has 208 valence electrons. The first-order valence-corrected chi connectivity index (χ1v) is 15.5. The van der Waals surface area contributed by atoms with E-state index in [1.165, 1.54) is 6.42 Å². The van der Waals surface area contributed by atoms with Crippen LogP contribution in [0.2, 0.25) is 0 Å². The molecule has 3 amide bonds. The van der Waals surface area contributed by atoms with E-state index >= 15 is 0 Å². The number of hydrogen-bond acceptors (Lipinski definition) is 5. The molecule has 0 radical (unpaired) electrons. The molecular weight excluding hydrogens is 510 g/mol. The average molecular weight is 550 g/mol. The molecule has 1 unspecified atom stereocenters. The summed E-state index contributed by atoms with van der Waals surface area (Å²) in [5.74, 6) is -1.16. The highest BCUT2D eigenvalue weighted by atomic mass is 32.2. The fourth-order valence-corrected chi connectivity index (χ4v) is 9.53. The van der Waals surface area contributed by atoms with Gasteiger partial charge in [0.25, 0.3) is 0 Å². The van der Waals surface area contributed by atoms with Crippen molar-refractivity contribution in [1.29, 1.82) is 0 Å². The molecule has 1 aromatic rings. The monoisotopic (exact) mass is 549 g/mol. The van der Waals surface area contributed by atoms with Crippen LogP contribution in [0.5, 0.6) is 0 Å². The van der Waals surface area contributed by atoms with Crippen LogP contribution in [0, 0.1) is 11.8 Å². The molecule has 0 bridgehead atoms. The molecule has 0 aromatic heterocycles. The molecule has 1 saturated carbocycles. The minimum atomic E-state index is -0.760. The Bertz CT molecular complexity index is 1150. The molecule has 1 aromatic carbocycles. The standard InChI is InChI=1S/C31H39N3O4S/c35-21-9-3-8-18-34-27-30(38)33(23-14-6-2-7-15-23)20-11-17-31(27)26(29(34)37)25-24(39-31)16-10-19-32(28(25)36)22-12-4-1-5-13-22/h1,4-5,10-13,16-17,23-27,35H,2-3,6-9,14-15,18-21H2/t24-,25+,26-,27?,31-/m0/s1. The van der Waals surface area contributed by atoms with Crippen molar-refractivity contribution >= 4 is 35.2 Å². The number of anilines is 1. The highest BCUT2D eigenvalue weighted by Crippen LogP contribution is 2.61. The Labute approximate surface area is 235 Å². The van der Waals surface area contributed by atoms with Gasteiger partial charge in [-0.1, -0.05) is 61.8 Å². The lowest BCUT2D eigenvalue weighted by atomic mass is 9.78. The molecular formula is C31H39N3O4S. The van der Waals surface area contributed by atoms with Crippen LogP contribution in [0.3, 0.4) is 0 Å². The zero-order valence-electron chi connectivity index (χ0n) is 22.5. The number of thioether (sulfide) groups is 1. The predicted octanol–water partition coefficient (Wildman–Crippen LogP) is 3.78. The van der Waals surface area contributed by atoms with Crippen molar-refractivity contribution in [2.75, 3.05) is 31.1 Å². The summed E-state index contributed by atoms with van der Waals surface area (Å²) >= 11 is 1.66. The van der Waals surface area contributed by atoms with E-state index in [1.807, 2.05) is 46.2 Å². The van der Waals surface area contributed by atoms with E-state index in [1.54, 1.807) is 16.7 Å². The van der Waals surface area contributed by atoms with Gasteiger partial charge < -0.3 is 19.8 Å². The van der Waals surface area contributed by atoms with Gasteiger partial charge in [-0.15, -0.1) is 11.8 Å². The van der Waals surface area contributed by atoms with Crippen molar-refractivity contribution in [3.8, 4) is 0 Å². The van der Waals surface area contributed by atoms with Gasteiger partial charge in [-0.2, -0.15) is 0 Å². The summed E-state index contributed by atoms with van der Waals surface area (Å²) in [5.41, 5.74) is 0.831. The van der Waals surface area contributed by atoms with Crippen molar-refractivity contribution in [1.82, 2.24) is 9.80 Å². The van der Waals surface area contributed by atoms with Gasteiger partial charge in [-0.25, -0.2) is 0 Å². The fourth-order valence-electron chi connectivity index (χ4n) is 7.53. The lowest BCUT2D eigenvalue weighted by Gasteiger charge is -2.39. The van der Waals surface area contributed by atoms with Crippen LogP contribution in [0.1, 0.15) is 51.4 Å². The van der Waals surface area contributed by atoms with Gasteiger partial charge in [0.1, 0.15) is 6.04 Å². The normalized spacial score (nSPS) is 32.7. The first-order chi connectivity index (χ1) is 19.1. The molecule has 4 aliphatic heterocycles. The summed E-state index contributed by atoms with van der Waals surface area (Å²) in [6.07, 6.45) is 16.1. The Morgan fingerprint density at radius 2 is 1.69 bits per heavy atom. The minimum absolute atomic E-state index is 0.0333. The number of aliphatic hydroxyl groups is 1. The third kappa shape index (κ3) is 4.53. The molecule has 2 saturated heterocycles. The molecule has 6 rings (SSSR count). The van der Waals surface area contributed by atoms with Crippen LogP contribution >= 0.6 is 11.8 Å². The number of hydrogen-bond donors (Lipinski definition) is 1. The summed E-state index contributed by atoms with van der Waals surface area (Å²) in [6.45, 7) is 1.64. The summed E-state index contributed by atoms with van der Waals surface area (Å²) in [7, 11) is 0. The van der Waals surface area contributed by atoms with E-state index < -0.39 is 22.6 Å². The third-order valence-corrected chi connectivity index (χ3v) is 11.1. The summed E-state index contributed by atoms with van der Waals surface area (Å²) in [5, 5.41) is 9.13. The van der Waals surface area contributed by atoms with Gasteiger partial charge >= 0.3 is 0 Å². The lowest BCUT2D eigenvalue weighted by Crippen LogP contribution is -2.55. The molecule has 4 heterocycles. The number of aliphatic hydroxyl groups excluding tert-OH is 1. The maximum absolute atomic E-state index is 14.5. The number of rotatable bonds is 7. The summed E-state index contributed by atoms with van der Waals surface area (Å²) in [6, 6.07) is 9.27. The number of carbonyl (C=O) groups is 3. The van der Waals surface area contributed by atoms with Crippen molar-refractivity contribution in [2.45, 2.75) is 73.4 Å². The number of fused-ring (bicyclic) bond motifs is 2. The Morgan fingerprint density at radius 1 is 0.897 bits per heavy atom. The molecule has 39 heavy (non-hydrogen) atoms. The van der Waals surface area contributed by atoms with Crippen LogP contribution in [-0.4, -0.2) is 80.9 Å². The van der Waals surface area contributed by atoms with Gasteiger partial charge in [0.15, 0.2) is 0 Å². The number of unbranched alkanes of at least 4 members (excludes halogenated alkanes) is 2. The van der Waals surface area contributed by atoms with Gasteiger partial charge in [-0.05, 0) is 44.2 Å². The Balaban J connectivity index is 1.38. The smallest absolute Gasteiger partial charge is 0.247 e. The van der Waals surface area contributed by atoms with Crippen molar-refractivity contribution < 1.29 is 19.5 Å². The van der Waals surface area contributed by atoms with E-state index in [4.69, 9.17) is 0 Å². The number of para-hydroxylation sites is 1. The predicted molar refractivity (Wildman–Crippen MR) is 153 cm³/mol. The van der Waals surface area contributed by atoms with Crippen molar-refractivity contribution in [2.24, 2.45) is 11.8 Å². The number of likely N-dealkylation sites (tertiary alicyclic amines) is 1. The van der Waals surface area contributed by atoms with E-state index in [0.29, 0.717) is 26.1 Å². The fraction of sp³-hybridized carbons (Fsp3) is 0.581. The maximum Gasteiger partial charge on any atom is 0.247 e. The molecule has 1 spiro atoms. The number of amides is 3. The minimum Gasteiger partial charge on any atom is -0.396 e. The van der Waals surface area contributed by atoms with E-state index in [-0.39, 0.29) is 35.6 Å². The zero-order valence-corrected chi connectivity index (χ0v) is 23.3. The van der Waals surface area contributed by atoms with Crippen LogP contribution in [-0.2, 0) is 14.4 Å². The van der Waals surface area contributed by atoms with Crippen LogP contribution in [0.15, 0.2) is 54.6 Å². The van der Waals surface area contributed by atoms with Crippen LogP contribution < -0.4 is 4.90 Å². The average Bonchev–Trinajstić information content (AvgIpc) is 3.27. The second kappa shape index (κ2) is 11.1. The molecule has 3 fully saturated rings. The van der Waals surface area contributed by atoms with Crippen LogP contribution in [0.4, 0.5) is 5.69 Å². The molecule has 5 aliphatic rings. The van der Waals surface area contributed by atoms with Crippen LogP contribution in [0.25, 0.3) is 0 Å². The Kier molecular flexibility index (Phi) is 7.60. The second-order valence-electron chi connectivity index (χ2n) is 11.6. The highest BCUT2D eigenvalue weighted by Gasteiger charge is 2.71. The second-order valence-corrected chi connectivity index (χ2v) is 13.0. The molecule has 8 heteroatoms. The first-order valence-electron chi connectivity index (χ1n) is 14.7. The SMILES string of the molecule is O=C1[C@@H]2[C@H](C=CCN1c1ccccc1)S[C@]13C=CCN(C4CCCCC4)C(=O)C1N(CCCCCO)C(=O)[C@H]23. The molecule has 7 nitrogen and oxygen atoms in total. The third-order valence-electron chi connectivity index (χ3n) is 9.33. The maximum atomic E-state index is 14.5. The van der Waals surface area contributed by atoms with E-state index in [9.17, 15) is 19.5 Å². The quantitative estimate of drug-likeness (QED) is 0.414. The van der Waals surface area contributed by atoms with Gasteiger partial charge in [0.05, 0.1) is 16.6 Å². The van der Waals surface area contributed by atoms with E-state index in [0.717, 1.165) is 44.2 Å². The lowest BCUT2D eigenvalue weighted by molar-refractivity contribution is -0.144. The van der Waals surface area contributed by atoms with Crippen molar-refractivity contribution in [3.05, 3.63) is 54.6 Å². The molecule has 1 N–H and O–H groups in total. The van der Waals surface area contributed by atoms with Gasteiger partial charge in [0.2, 0.25) is 17.7 Å². The highest BCUT2D eigenvalue weighted by molar-refractivity contribution is 8.02. The Hall–Kier alpha value is -2.58. The van der Waals surface area contributed by atoms with E-state index in [2.05, 4.69) is 18.2 Å². The number of carbonyl (C=O) groups excluding carboxylic acids is 3. The largest absolute Gasteiger partial charge is 0.396 e. The zero-order chi connectivity index (χ0) is 27.0. The van der Waals surface area contributed by atoms with Gasteiger partial charge in [-0.3, -0.25) is 14.4 Å². The summed E-state index contributed by atoms with van der Waals surface area (Å²) < 4.78 is -0.760. The number of benzene rings is 1. The first kappa shape index (κ1) is 26.6. The topological polar surface area (TPSA) is 81.2 Å². The Morgan fingerprint density at radius 3 is 2.46 bits per heavy atom. The van der Waals surface area contributed by atoms with Gasteiger partial charge in [0, 0.05) is 43.2 Å². The summed E-state index contributed by atoms with van der Waals surface area (Å²) in [4.78, 5) is 48.7. The molecule has 5 atom stereocenters. The number of nitrogens with zero attached hydrogens (tertiary/aromatic N) is 3.